The molecule has 0 saturated carbocycles. The molecule has 1 aromatic heterocycles. The van der Waals surface area contributed by atoms with Crippen LogP contribution in [0.25, 0.3) is 10.4 Å². The molecule has 2 aromatic rings. The maximum Gasteiger partial charge on any atom is 0.353 e. The van der Waals surface area contributed by atoms with Gasteiger partial charge >= 0.3 is 11.7 Å². The van der Waals surface area contributed by atoms with Crippen LogP contribution in [0.3, 0.4) is 0 Å². The van der Waals surface area contributed by atoms with Crippen molar-refractivity contribution in [1.29, 1.82) is 0 Å². The summed E-state index contributed by atoms with van der Waals surface area (Å²) in [4.78, 5) is 29.7. The monoisotopic (exact) mass is 475 g/mol. The van der Waals surface area contributed by atoms with Crippen LogP contribution in [0.5, 0.6) is 11.6 Å². The number of halogens is 5. The average molecular weight is 475 g/mol. The molecule has 1 aliphatic rings. The quantitative estimate of drug-likeness (QED) is 0.120. The van der Waals surface area contributed by atoms with Gasteiger partial charge in [0.15, 0.2) is 0 Å². The van der Waals surface area contributed by atoms with Gasteiger partial charge in [-0.15, -0.1) is 0 Å². The van der Waals surface area contributed by atoms with E-state index in [1.807, 2.05) is 0 Å². The minimum Gasteiger partial charge on any atom is -0.463 e. The van der Waals surface area contributed by atoms with Crippen molar-refractivity contribution in [3.8, 4) is 11.6 Å². The number of nitrogens with zero attached hydrogens (tertiary/aromatic N) is 5. The predicted octanol–water partition coefficient (Wildman–Crippen LogP) is 3.57. The summed E-state index contributed by atoms with van der Waals surface area (Å²) in [5, 5.41) is 3.55. The summed E-state index contributed by atoms with van der Waals surface area (Å²) in [7, 11) is 0. The lowest BCUT2D eigenvalue weighted by Crippen LogP contribution is -2.29. The van der Waals surface area contributed by atoms with Crippen LogP contribution in [0.4, 0.5) is 22.0 Å². The zero-order chi connectivity index (χ0) is 24.4. The topological polar surface area (TPSA) is 128 Å². The fraction of sp³-hybridized carbons (Fsp3) is 0.389. The molecular weight excluding hydrogens is 461 g/mol. The highest BCUT2D eigenvalue weighted by atomic mass is 19.2. The summed E-state index contributed by atoms with van der Waals surface area (Å²) in [5.41, 5.74) is 7.63. The van der Waals surface area contributed by atoms with Crippen LogP contribution in [0, 0.1) is 36.0 Å². The third kappa shape index (κ3) is 4.73. The Balaban J connectivity index is 1.91. The Kier molecular flexibility index (Phi) is 6.84. The summed E-state index contributed by atoms with van der Waals surface area (Å²) in [5.74, 6) is -14.2. The van der Waals surface area contributed by atoms with Gasteiger partial charge in [0.2, 0.25) is 40.7 Å². The van der Waals surface area contributed by atoms with Crippen LogP contribution >= 0.6 is 0 Å². The van der Waals surface area contributed by atoms with E-state index in [0.29, 0.717) is 0 Å². The van der Waals surface area contributed by atoms with Gasteiger partial charge in [-0.05, 0) is 12.5 Å². The number of carbonyl (C=O) groups excluding carboxylic acids is 1. The molecule has 2 heterocycles. The number of esters is 1. The van der Waals surface area contributed by atoms with Gasteiger partial charge < -0.3 is 14.2 Å². The van der Waals surface area contributed by atoms with Crippen molar-refractivity contribution in [1.82, 2.24) is 9.55 Å². The average Bonchev–Trinajstić information content (AvgIpc) is 3.17. The van der Waals surface area contributed by atoms with Crippen molar-refractivity contribution in [3.63, 3.8) is 0 Å². The van der Waals surface area contributed by atoms with Crippen LogP contribution in [0.15, 0.2) is 16.1 Å². The fourth-order valence-electron chi connectivity index (χ4n) is 3.06. The summed E-state index contributed by atoms with van der Waals surface area (Å²) in [6.07, 6.45) is -0.785. The van der Waals surface area contributed by atoms with E-state index in [1.54, 1.807) is 0 Å². The second-order valence-corrected chi connectivity index (χ2v) is 6.86. The number of ether oxygens (including phenoxy) is 3. The highest BCUT2D eigenvalue weighted by molar-refractivity contribution is 5.65. The molecule has 176 valence electrons. The molecule has 0 N–H and O–H groups in total. The standard InChI is InChI=1S/C18H14F5N5O5/c1-6-4-28(10-3-8(26-27-24)9(32-10)5-31-7(2)29)18(30)25-17(6)33-16-14(22)12(20)11(19)13(21)15(16)23/h4,8-10H,3,5H2,1-2H3/t8-,9+,10+/m0/s1. The van der Waals surface area contributed by atoms with Crippen molar-refractivity contribution in [2.45, 2.75) is 38.6 Å². The number of rotatable bonds is 6. The Bertz CT molecular complexity index is 1190. The molecule has 0 unspecified atom stereocenters. The van der Waals surface area contributed by atoms with E-state index < -0.39 is 70.7 Å². The number of hydrogen-bond acceptors (Lipinski definition) is 7. The highest BCUT2D eigenvalue weighted by Gasteiger charge is 2.37. The van der Waals surface area contributed by atoms with Crippen LogP contribution in [0.2, 0.25) is 0 Å². The fourth-order valence-corrected chi connectivity index (χ4v) is 3.06. The zero-order valence-electron chi connectivity index (χ0n) is 16.9. The molecule has 10 nitrogen and oxygen atoms in total. The Morgan fingerprint density at radius 3 is 2.42 bits per heavy atom. The van der Waals surface area contributed by atoms with Crippen molar-refractivity contribution in [3.05, 3.63) is 61.8 Å². The normalized spacial score (nSPS) is 19.8. The second-order valence-electron chi connectivity index (χ2n) is 6.86. The smallest absolute Gasteiger partial charge is 0.353 e. The van der Waals surface area contributed by atoms with Crippen molar-refractivity contribution in [2.24, 2.45) is 5.11 Å². The van der Waals surface area contributed by atoms with E-state index in [4.69, 9.17) is 19.7 Å². The number of aryl methyl sites for hydroxylation is 1. The zero-order valence-corrected chi connectivity index (χ0v) is 16.9. The maximum atomic E-state index is 13.9. The van der Waals surface area contributed by atoms with E-state index in [0.717, 1.165) is 17.7 Å². The molecule has 15 heteroatoms. The lowest BCUT2D eigenvalue weighted by molar-refractivity contribution is -0.146. The first kappa shape index (κ1) is 23.9. The van der Waals surface area contributed by atoms with Crippen LogP contribution < -0.4 is 10.4 Å². The summed E-state index contributed by atoms with van der Waals surface area (Å²) < 4.78 is 83.9. The molecule has 1 aliphatic heterocycles. The Morgan fingerprint density at radius 2 is 1.85 bits per heavy atom. The summed E-state index contributed by atoms with van der Waals surface area (Å²) >= 11 is 0. The SMILES string of the molecule is CC(=O)OC[C@H]1O[C@@H](n2cc(C)c(Oc3c(F)c(F)c(F)c(F)c3F)nc2=O)C[C@@H]1N=[N+]=[N-]. The van der Waals surface area contributed by atoms with Gasteiger partial charge in [0.25, 0.3) is 0 Å². The van der Waals surface area contributed by atoms with Crippen LogP contribution in [-0.4, -0.2) is 34.3 Å². The van der Waals surface area contributed by atoms with Crippen molar-refractivity contribution < 1.29 is 41.0 Å². The van der Waals surface area contributed by atoms with Crippen LogP contribution in [0.1, 0.15) is 25.1 Å². The Hall–Kier alpha value is -3.71. The summed E-state index contributed by atoms with van der Waals surface area (Å²) in [6.45, 7) is 2.20. The van der Waals surface area contributed by atoms with Gasteiger partial charge in [0.05, 0.1) is 6.04 Å². The molecule has 1 fully saturated rings. The van der Waals surface area contributed by atoms with E-state index in [2.05, 4.69) is 15.0 Å². The molecule has 0 spiro atoms. The third-order valence-electron chi connectivity index (χ3n) is 4.62. The van der Waals surface area contributed by atoms with Gasteiger partial charge in [-0.1, -0.05) is 5.11 Å². The Morgan fingerprint density at radius 1 is 1.24 bits per heavy atom. The first-order chi connectivity index (χ1) is 15.5. The molecular formula is C18H14F5N5O5. The molecule has 3 atom stereocenters. The second kappa shape index (κ2) is 9.42. The minimum absolute atomic E-state index is 0.00510. The number of carbonyl (C=O) groups is 1. The molecule has 1 aromatic carbocycles. The molecule has 0 amide bonds. The first-order valence-electron chi connectivity index (χ1n) is 9.17. The number of hydrogen-bond donors (Lipinski definition) is 0. The van der Waals surface area contributed by atoms with Crippen LogP contribution in [-0.2, 0) is 14.3 Å². The van der Waals surface area contributed by atoms with E-state index >= 15 is 0 Å². The predicted molar refractivity (Wildman–Crippen MR) is 97.6 cm³/mol. The number of benzene rings is 1. The first-order valence-corrected chi connectivity index (χ1v) is 9.17. The maximum absolute atomic E-state index is 13.9. The molecule has 0 aliphatic carbocycles. The highest BCUT2D eigenvalue weighted by Crippen LogP contribution is 2.34. The third-order valence-corrected chi connectivity index (χ3v) is 4.62. The lowest BCUT2D eigenvalue weighted by atomic mass is 10.1. The molecule has 33 heavy (non-hydrogen) atoms. The van der Waals surface area contributed by atoms with Gasteiger partial charge in [-0.25, -0.2) is 18.0 Å². The van der Waals surface area contributed by atoms with E-state index in [9.17, 15) is 31.5 Å². The molecule has 3 rings (SSSR count). The van der Waals surface area contributed by atoms with Crippen molar-refractivity contribution in [2.75, 3.05) is 6.61 Å². The molecule has 0 bridgehead atoms. The number of aromatic nitrogens is 2. The van der Waals surface area contributed by atoms with E-state index in [1.165, 1.54) is 6.92 Å². The largest absolute Gasteiger partial charge is 0.463 e. The number of azide groups is 1. The van der Waals surface area contributed by atoms with Gasteiger partial charge in [-0.2, -0.15) is 13.8 Å². The lowest BCUT2D eigenvalue weighted by Gasteiger charge is -2.17. The van der Waals surface area contributed by atoms with Gasteiger partial charge in [0.1, 0.15) is 18.9 Å². The molecule has 1 saturated heterocycles. The van der Waals surface area contributed by atoms with Crippen molar-refractivity contribution >= 4 is 5.97 Å². The van der Waals surface area contributed by atoms with Gasteiger partial charge in [-0.3, -0.25) is 9.36 Å². The van der Waals surface area contributed by atoms with Gasteiger partial charge in [0, 0.05) is 30.0 Å². The summed E-state index contributed by atoms with van der Waals surface area (Å²) in [6, 6.07) is -0.796. The molecule has 0 radical (unpaired) electrons. The minimum atomic E-state index is -2.37. The Labute approximate surface area is 181 Å². The van der Waals surface area contributed by atoms with E-state index in [-0.39, 0.29) is 18.6 Å².